The highest BCUT2D eigenvalue weighted by Gasteiger charge is 2.51. The standard InChI is InChI=1S/C22H36BN3O4/c1-15-13-25(14-16(2)26(15)19(27)28-20(3,4)5)18-11-10-17(12-24-18)23-29-21(6,7)22(8,9)30-23/h10-12,15-16H,13-14H2,1-9H3/t15-,16+. The summed E-state index contributed by atoms with van der Waals surface area (Å²) in [4.78, 5) is 21.3. The number of aromatic nitrogens is 1. The van der Waals surface area contributed by atoms with Crippen LogP contribution in [-0.2, 0) is 14.0 Å². The van der Waals surface area contributed by atoms with Crippen molar-refractivity contribution in [3.8, 4) is 0 Å². The summed E-state index contributed by atoms with van der Waals surface area (Å²) >= 11 is 0. The van der Waals surface area contributed by atoms with Gasteiger partial charge in [0.25, 0.3) is 0 Å². The van der Waals surface area contributed by atoms with Gasteiger partial charge < -0.3 is 18.9 Å². The van der Waals surface area contributed by atoms with E-state index in [1.165, 1.54) is 0 Å². The lowest BCUT2D eigenvalue weighted by molar-refractivity contribution is 0.00560. The second-order valence-corrected chi connectivity index (χ2v) is 10.5. The third-order valence-electron chi connectivity index (χ3n) is 6.14. The molecule has 0 spiro atoms. The van der Waals surface area contributed by atoms with E-state index < -0.39 is 12.7 Å². The van der Waals surface area contributed by atoms with Gasteiger partial charge >= 0.3 is 13.2 Å². The summed E-state index contributed by atoms with van der Waals surface area (Å²) < 4.78 is 17.8. The van der Waals surface area contributed by atoms with Crippen molar-refractivity contribution in [2.75, 3.05) is 18.0 Å². The number of rotatable bonds is 2. The maximum atomic E-state index is 12.6. The Bertz CT molecular complexity index is 748. The lowest BCUT2D eigenvalue weighted by atomic mass is 9.80. The van der Waals surface area contributed by atoms with Crippen molar-refractivity contribution in [2.24, 2.45) is 0 Å². The zero-order chi connectivity index (χ0) is 22.5. The smallest absolute Gasteiger partial charge is 0.444 e. The molecular formula is C22H36BN3O4. The highest BCUT2D eigenvalue weighted by molar-refractivity contribution is 6.62. The minimum absolute atomic E-state index is 0.0215. The number of amides is 1. The predicted molar refractivity (Wildman–Crippen MR) is 119 cm³/mol. The lowest BCUT2D eigenvalue weighted by Crippen LogP contribution is -2.59. The molecule has 0 unspecified atom stereocenters. The fraction of sp³-hybridized carbons (Fsp3) is 0.727. The van der Waals surface area contributed by atoms with Gasteiger partial charge in [0.15, 0.2) is 0 Å². The summed E-state index contributed by atoms with van der Waals surface area (Å²) in [7, 11) is -0.418. The van der Waals surface area contributed by atoms with Gasteiger partial charge in [-0.05, 0) is 68.4 Å². The van der Waals surface area contributed by atoms with E-state index in [-0.39, 0.29) is 29.4 Å². The average molecular weight is 417 g/mol. The van der Waals surface area contributed by atoms with Crippen molar-refractivity contribution in [1.82, 2.24) is 9.88 Å². The molecule has 8 heteroatoms. The van der Waals surface area contributed by atoms with Crippen LogP contribution in [-0.4, -0.2) is 65.1 Å². The molecule has 0 N–H and O–H groups in total. The van der Waals surface area contributed by atoms with Crippen LogP contribution in [0.25, 0.3) is 0 Å². The summed E-state index contributed by atoms with van der Waals surface area (Å²) in [5.74, 6) is 0.887. The number of nitrogens with zero attached hydrogens (tertiary/aromatic N) is 3. The zero-order valence-electron chi connectivity index (χ0n) is 19.9. The number of anilines is 1. The second-order valence-electron chi connectivity index (χ2n) is 10.5. The normalized spacial score (nSPS) is 26.1. The Morgan fingerprint density at radius 1 is 1.10 bits per heavy atom. The number of ether oxygens (including phenoxy) is 1. The first-order valence-electron chi connectivity index (χ1n) is 10.8. The van der Waals surface area contributed by atoms with Crippen LogP contribution < -0.4 is 10.4 Å². The van der Waals surface area contributed by atoms with Crippen molar-refractivity contribution in [3.63, 3.8) is 0 Å². The molecule has 2 fully saturated rings. The highest BCUT2D eigenvalue weighted by Crippen LogP contribution is 2.36. The Kier molecular flexibility index (Phi) is 5.88. The maximum Gasteiger partial charge on any atom is 0.496 e. The number of hydrogen-bond acceptors (Lipinski definition) is 6. The van der Waals surface area contributed by atoms with Gasteiger partial charge in [0.05, 0.1) is 23.3 Å². The number of pyridine rings is 1. The Hall–Kier alpha value is -1.80. The molecule has 0 bridgehead atoms. The van der Waals surface area contributed by atoms with Gasteiger partial charge in [-0.1, -0.05) is 6.07 Å². The summed E-state index contributed by atoms with van der Waals surface area (Å²) in [5.41, 5.74) is -0.345. The molecule has 1 amide bonds. The molecule has 2 saturated heterocycles. The monoisotopic (exact) mass is 417 g/mol. The molecule has 0 saturated carbocycles. The van der Waals surface area contributed by atoms with Gasteiger partial charge in [-0.2, -0.15) is 0 Å². The van der Waals surface area contributed by atoms with Gasteiger partial charge in [-0.3, -0.25) is 4.90 Å². The van der Waals surface area contributed by atoms with E-state index in [1.807, 2.05) is 85.5 Å². The summed E-state index contributed by atoms with van der Waals surface area (Å²) in [6, 6.07) is 4.06. The van der Waals surface area contributed by atoms with E-state index in [9.17, 15) is 4.79 Å². The van der Waals surface area contributed by atoms with Gasteiger partial charge in [-0.25, -0.2) is 9.78 Å². The molecule has 1 aromatic rings. The molecule has 1 aromatic heterocycles. The molecule has 2 aliphatic heterocycles. The van der Waals surface area contributed by atoms with E-state index in [2.05, 4.69) is 9.88 Å². The molecule has 0 aromatic carbocycles. The Balaban J connectivity index is 1.68. The summed E-state index contributed by atoms with van der Waals surface area (Å²) in [5, 5.41) is 0. The van der Waals surface area contributed by atoms with Crippen LogP contribution in [0.1, 0.15) is 62.3 Å². The van der Waals surface area contributed by atoms with Crippen molar-refractivity contribution in [3.05, 3.63) is 18.3 Å². The fourth-order valence-electron chi connectivity index (χ4n) is 3.89. The van der Waals surface area contributed by atoms with Gasteiger partial charge in [0.2, 0.25) is 0 Å². The van der Waals surface area contributed by atoms with E-state index in [1.54, 1.807) is 0 Å². The van der Waals surface area contributed by atoms with E-state index >= 15 is 0 Å². The molecule has 2 aliphatic rings. The van der Waals surface area contributed by atoms with E-state index in [0.717, 1.165) is 11.3 Å². The van der Waals surface area contributed by atoms with Crippen LogP contribution in [0.3, 0.4) is 0 Å². The maximum absolute atomic E-state index is 12.6. The van der Waals surface area contributed by atoms with Crippen LogP contribution in [0.2, 0.25) is 0 Å². The number of carbonyl (C=O) groups is 1. The Morgan fingerprint density at radius 2 is 1.63 bits per heavy atom. The van der Waals surface area contributed by atoms with Crippen molar-refractivity contribution in [1.29, 1.82) is 0 Å². The minimum Gasteiger partial charge on any atom is -0.444 e. The predicted octanol–water partition coefficient (Wildman–Crippen LogP) is 3.21. The third-order valence-corrected chi connectivity index (χ3v) is 6.14. The van der Waals surface area contributed by atoms with Gasteiger partial charge in [0.1, 0.15) is 11.4 Å². The van der Waals surface area contributed by atoms with E-state index in [0.29, 0.717) is 13.1 Å². The Morgan fingerprint density at radius 3 is 2.07 bits per heavy atom. The SMILES string of the molecule is C[C@@H]1CN(c2ccc(B3OC(C)(C)C(C)(C)O3)cn2)C[C@H](C)N1C(=O)OC(C)(C)C. The lowest BCUT2D eigenvalue weighted by Gasteiger charge is -2.44. The molecule has 0 aliphatic carbocycles. The first kappa shape index (κ1) is 22.9. The molecule has 7 nitrogen and oxygen atoms in total. The number of piperazine rings is 1. The average Bonchev–Trinajstić information content (AvgIpc) is 2.80. The third kappa shape index (κ3) is 4.59. The molecule has 3 rings (SSSR count). The quantitative estimate of drug-likeness (QED) is 0.689. The molecule has 3 heterocycles. The van der Waals surface area contributed by atoms with Crippen LogP contribution >= 0.6 is 0 Å². The second kappa shape index (κ2) is 7.72. The molecule has 2 atom stereocenters. The first-order valence-corrected chi connectivity index (χ1v) is 10.8. The molecular weight excluding hydrogens is 381 g/mol. The number of carbonyl (C=O) groups excluding carboxylic acids is 1. The van der Waals surface area contributed by atoms with Crippen LogP contribution in [0.4, 0.5) is 10.6 Å². The molecule has 0 radical (unpaired) electrons. The van der Waals surface area contributed by atoms with Crippen molar-refractivity contribution in [2.45, 2.75) is 91.2 Å². The van der Waals surface area contributed by atoms with E-state index in [4.69, 9.17) is 14.0 Å². The van der Waals surface area contributed by atoms with Gasteiger partial charge in [0, 0.05) is 24.7 Å². The topological polar surface area (TPSA) is 64.1 Å². The Labute approximate surface area is 181 Å². The molecule has 166 valence electrons. The largest absolute Gasteiger partial charge is 0.496 e. The summed E-state index contributed by atoms with van der Waals surface area (Å²) in [6.07, 6.45) is 1.57. The first-order chi connectivity index (χ1) is 13.7. The highest BCUT2D eigenvalue weighted by atomic mass is 16.7. The van der Waals surface area contributed by atoms with Crippen LogP contribution in [0, 0.1) is 0 Å². The van der Waals surface area contributed by atoms with Gasteiger partial charge in [-0.15, -0.1) is 0 Å². The van der Waals surface area contributed by atoms with Crippen LogP contribution in [0.5, 0.6) is 0 Å². The zero-order valence-corrected chi connectivity index (χ0v) is 19.9. The minimum atomic E-state index is -0.501. The summed E-state index contributed by atoms with van der Waals surface area (Å²) in [6.45, 7) is 19.3. The fourth-order valence-corrected chi connectivity index (χ4v) is 3.89. The number of hydrogen-bond donors (Lipinski definition) is 0. The van der Waals surface area contributed by atoms with Crippen molar-refractivity contribution >= 4 is 24.5 Å². The van der Waals surface area contributed by atoms with Crippen molar-refractivity contribution < 1.29 is 18.8 Å². The molecule has 30 heavy (non-hydrogen) atoms. The van der Waals surface area contributed by atoms with Crippen LogP contribution in [0.15, 0.2) is 18.3 Å².